The van der Waals surface area contributed by atoms with Gasteiger partial charge in [0.1, 0.15) is 11.6 Å². The molecule has 1 aromatic carbocycles. The molecule has 0 spiro atoms. The Balaban J connectivity index is 2.02. The van der Waals surface area contributed by atoms with Gasteiger partial charge in [0, 0.05) is 24.8 Å². The van der Waals surface area contributed by atoms with E-state index in [1.54, 1.807) is 20.9 Å². The molecule has 2 amide bonds. The number of hydrogen-bond acceptors (Lipinski definition) is 4. The first-order valence-electron chi connectivity index (χ1n) is 9.79. The predicted molar refractivity (Wildman–Crippen MR) is 116 cm³/mol. The van der Waals surface area contributed by atoms with Crippen LogP contribution in [0.2, 0.25) is 0 Å². The molecule has 1 heterocycles. The van der Waals surface area contributed by atoms with Crippen LogP contribution in [0, 0.1) is 45.9 Å². The molecule has 0 aliphatic rings. The molecule has 30 heavy (non-hydrogen) atoms. The zero-order valence-corrected chi connectivity index (χ0v) is 18.4. The van der Waals surface area contributed by atoms with Gasteiger partial charge in [-0.2, -0.15) is 5.26 Å². The van der Waals surface area contributed by atoms with Gasteiger partial charge in [0.25, 0.3) is 5.56 Å². The second-order valence-corrected chi connectivity index (χ2v) is 7.74. The summed E-state index contributed by atoms with van der Waals surface area (Å²) in [5, 5.41) is 12.1. The summed E-state index contributed by atoms with van der Waals surface area (Å²) in [4.78, 5) is 40.8. The zero-order valence-electron chi connectivity index (χ0n) is 18.4. The number of H-pyrrole nitrogens is 1. The van der Waals surface area contributed by atoms with Gasteiger partial charge in [-0.1, -0.05) is 17.7 Å². The number of hydrogen-bond donors (Lipinski definition) is 2. The number of aromatic nitrogens is 1. The Morgan fingerprint density at radius 1 is 1.13 bits per heavy atom. The predicted octanol–water partition coefficient (Wildman–Crippen LogP) is 2.82. The first-order valence-corrected chi connectivity index (χ1v) is 9.79. The third-order valence-corrected chi connectivity index (χ3v) is 5.26. The van der Waals surface area contributed by atoms with E-state index in [0.717, 1.165) is 27.9 Å². The number of amides is 2. The van der Waals surface area contributed by atoms with E-state index in [-0.39, 0.29) is 30.3 Å². The number of aryl methyl sites for hydroxylation is 4. The van der Waals surface area contributed by atoms with Crippen LogP contribution in [-0.2, 0) is 16.0 Å². The molecule has 7 nitrogen and oxygen atoms in total. The van der Waals surface area contributed by atoms with Gasteiger partial charge >= 0.3 is 0 Å². The van der Waals surface area contributed by atoms with Crippen LogP contribution in [0.3, 0.4) is 0 Å². The Kier molecular flexibility index (Phi) is 7.17. The highest BCUT2D eigenvalue weighted by Crippen LogP contribution is 2.22. The lowest BCUT2D eigenvalue weighted by atomic mass is 9.99. The third-order valence-electron chi connectivity index (χ3n) is 5.26. The van der Waals surface area contributed by atoms with E-state index in [4.69, 9.17) is 5.26 Å². The number of carbonyl (C=O) groups is 2. The van der Waals surface area contributed by atoms with Crippen LogP contribution in [0.5, 0.6) is 0 Å². The van der Waals surface area contributed by atoms with Crippen molar-refractivity contribution in [3.05, 3.63) is 61.6 Å². The maximum atomic E-state index is 12.5. The first-order chi connectivity index (χ1) is 14.0. The number of anilines is 1. The minimum atomic E-state index is -0.418. The van der Waals surface area contributed by atoms with Gasteiger partial charge in [-0.25, -0.2) is 0 Å². The first kappa shape index (κ1) is 22.9. The Hall–Kier alpha value is -3.40. The number of benzene rings is 1. The van der Waals surface area contributed by atoms with E-state index >= 15 is 0 Å². The standard InChI is InChI=1S/C23H28N4O3/c1-13-9-14(2)22(15(3)10-13)26-20(28)12-27(6)21(29)8-7-18-16(4)19(11-24)23(30)25-17(18)5/h9-10H,7-8,12H2,1-6H3,(H,25,30)(H,26,28). The van der Waals surface area contributed by atoms with E-state index in [9.17, 15) is 14.4 Å². The summed E-state index contributed by atoms with van der Waals surface area (Å²) in [7, 11) is 1.59. The highest BCUT2D eigenvalue weighted by Gasteiger charge is 2.17. The summed E-state index contributed by atoms with van der Waals surface area (Å²) in [6.07, 6.45) is 0.551. The largest absolute Gasteiger partial charge is 0.336 e. The molecule has 0 saturated heterocycles. The molecule has 158 valence electrons. The number of carbonyl (C=O) groups excluding carboxylic acids is 2. The average Bonchev–Trinajstić information content (AvgIpc) is 2.64. The summed E-state index contributed by atoms with van der Waals surface area (Å²) in [5.74, 6) is -0.449. The molecular formula is C23H28N4O3. The summed E-state index contributed by atoms with van der Waals surface area (Å²) < 4.78 is 0. The minimum absolute atomic E-state index is 0.0569. The molecule has 0 saturated carbocycles. The number of aromatic amines is 1. The van der Waals surface area contributed by atoms with Crippen LogP contribution in [0.4, 0.5) is 5.69 Å². The van der Waals surface area contributed by atoms with Gasteiger partial charge in [-0.3, -0.25) is 14.4 Å². The van der Waals surface area contributed by atoms with Gasteiger partial charge in [-0.05, 0) is 63.3 Å². The monoisotopic (exact) mass is 408 g/mol. The normalized spacial score (nSPS) is 10.4. The Labute approximate surface area is 176 Å². The quantitative estimate of drug-likeness (QED) is 0.766. The summed E-state index contributed by atoms with van der Waals surface area (Å²) in [6.45, 7) is 9.29. The summed E-state index contributed by atoms with van der Waals surface area (Å²) in [5.41, 5.74) is 5.53. The SMILES string of the molecule is Cc1cc(C)c(NC(=O)CN(C)C(=O)CCc2c(C)[nH]c(=O)c(C#N)c2C)c(C)c1. The number of nitriles is 1. The Morgan fingerprint density at radius 3 is 2.30 bits per heavy atom. The Morgan fingerprint density at radius 2 is 1.73 bits per heavy atom. The summed E-state index contributed by atoms with van der Waals surface area (Å²) in [6, 6.07) is 5.91. The van der Waals surface area contributed by atoms with E-state index in [1.165, 1.54) is 4.90 Å². The van der Waals surface area contributed by atoms with E-state index in [1.807, 2.05) is 39.0 Å². The smallest absolute Gasteiger partial charge is 0.266 e. The molecule has 0 radical (unpaired) electrons. The van der Waals surface area contributed by atoms with Crippen molar-refractivity contribution < 1.29 is 9.59 Å². The number of rotatable bonds is 6. The van der Waals surface area contributed by atoms with Crippen molar-refractivity contribution in [1.29, 1.82) is 5.26 Å². The molecule has 0 aliphatic heterocycles. The van der Waals surface area contributed by atoms with Crippen molar-refractivity contribution in [3.63, 3.8) is 0 Å². The molecule has 1 aromatic heterocycles. The number of nitrogens with zero attached hydrogens (tertiary/aromatic N) is 2. The molecule has 0 unspecified atom stereocenters. The van der Waals surface area contributed by atoms with Crippen molar-refractivity contribution in [2.75, 3.05) is 18.9 Å². The van der Waals surface area contributed by atoms with Crippen LogP contribution in [0.15, 0.2) is 16.9 Å². The average molecular weight is 409 g/mol. The highest BCUT2D eigenvalue weighted by atomic mass is 16.2. The van der Waals surface area contributed by atoms with E-state index in [2.05, 4.69) is 10.3 Å². The lowest BCUT2D eigenvalue weighted by Crippen LogP contribution is -2.35. The number of pyridine rings is 1. The van der Waals surface area contributed by atoms with Gasteiger partial charge in [-0.15, -0.1) is 0 Å². The molecule has 2 N–H and O–H groups in total. The number of nitrogens with one attached hydrogen (secondary N) is 2. The van der Waals surface area contributed by atoms with Gasteiger partial charge in [0.05, 0.1) is 6.54 Å². The summed E-state index contributed by atoms with van der Waals surface area (Å²) >= 11 is 0. The molecule has 2 aromatic rings. The Bertz CT molecular complexity index is 1070. The fourth-order valence-corrected chi connectivity index (χ4v) is 3.70. The van der Waals surface area contributed by atoms with E-state index < -0.39 is 5.56 Å². The topological polar surface area (TPSA) is 106 Å². The second-order valence-electron chi connectivity index (χ2n) is 7.74. The van der Waals surface area contributed by atoms with E-state index in [0.29, 0.717) is 17.7 Å². The molecule has 2 rings (SSSR count). The van der Waals surface area contributed by atoms with Gasteiger partial charge in [0.2, 0.25) is 11.8 Å². The maximum absolute atomic E-state index is 12.5. The second kappa shape index (κ2) is 9.40. The van der Waals surface area contributed by atoms with Crippen molar-refractivity contribution >= 4 is 17.5 Å². The van der Waals surface area contributed by atoms with Crippen LogP contribution >= 0.6 is 0 Å². The van der Waals surface area contributed by atoms with Crippen LogP contribution in [-0.4, -0.2) is 35.3 Å². The lowest BCUT2D eigenvalue weighted by molar-refractivity contribution is -0.133. The lowest BCUT2D eigenvalue weighted by Gasteiger charge is -2.19. The minimum Gasteiger partial charge on any atom is -0.336 e. The number of likely N-dealkylation sites (N-methyl/N-ethyl adjacent to an activating group) is 1. The van der Waals surface area contributed by atoms with Crippen LogP contribution in [0.25, 0.3) is 0 Å². The maximum Gasteiger partial charge on any atom is 0.266 e. The van der Waals surface area contributed by atoms with Crippen molar-refractivity contribution in [2.24, 2.45) is 0 Å². The van der Waals surface area contributed by atoms with Gasteiger partial charge < -0.3 is 15.2 Å². The highest BCUT2D eigenvalue weighted by molar-refractivity contribution is 5.95. The van der Waals surface area contributed by atoms with Crippen LogP contribution in [0.1, 0.15) is 45.5 Å². The molecule has 0 atom stereocenters. The van der Waals surface area contributed by atoms with Crippen molar-refractivity contribution in [1.82, 2.24) is 9.88 Å². The molecule has 0 aliphatic carbocycles. The molecule has 7 heteroatoms. The van der Waals surface area contributed by atoms with Crippen LogP contribution < -0.4 is 10.9 Å². The molecule has 0 bridgehead atoms. The fraction of sp³-hybridized carbons (Fsp3) is 0.391. The third kappa shape index (κ3) is 5.15. The van der Waals surface area contributed by atoms with Gasteiger partial charge in [0.15, 0.2) is 0 Å². The molecule has 0 fully saturated rings. The molecular weight excluding hydrogens is 380 g/mol. The van der Waals surface area contributed by atoms with Crippen molar-refractivity contribution in [2.45, 2.75) is 47.5 Å². The fourth-order valence-electron chi connectivity index (χ4n) is 3.70. The zero-order chi connectivity index (χ0) is 22.6. The van der Waals surface area contributed by atoms with Crippen molar-refractivity contribution in [3.8, 4) is 6.07 Å².